The second kappa shape index (κ2) is 3.05. The second-order valence-electron chi connectivity index (χ2n) is 1.91. The van der Waals surface area contributed by atoms with Crippen LogP contribution >= 0.6 is 37.9 Å². The summed E-state index contributed by atoms with van der Waals surface area (Å²) in [4.78, 5) is 0.907. The van der Waals surface area contributed by atoms with E-state index < -0.39 is 9.05 Å². The monoisotopic (exact) mass is 274 g/mol. The maximum atomic E-state index is 10.8. The normalized spacial score (nSPS) is 11.9. The van der Waals surface area contributed by atoms with Crippen molar-refractivity contribution in [1.82, 2.24) is 0 Å². The van der Waals surface area contributed by atoms with E-state index in [2.05, 4.69) is 15.9 Å². The van der Waals surface area contributed by atoms with Crippen LogP contribution in [-0.4, -0.2) is 8.42 Å². The summed E-state index contributed by atoms with van der Waals surface area (Å²) in [5, 5.41) is 0. The van der Waals surface area contributed by atoms with E-state index in [0.717, 1.165) is 20.7 Å². The molecular weight excluding hydrogens is 272 g/mol. The fourth-order valence-corrected chi connectivity index (χ4v) is 3.41. The van der Waals surface area contributed by atoms with Crippen LogP contribution < -0.4 is 0 Å². The third-order valence-corrected chi connectivity index (χ3v) is 5.29. The highest BCUT2D eigenvalue weighted by Crippen LogP contribution is 2.31. The van der Waals surface area contributed by atoms with E-state index in [9.17, 15) is 8.42 Å². The number of hydrogen-bond donors (Lipinski definition) is 0. The number of thiophene rings is 1. The average Bonchev–Trinajstić information content (AvgIpc) is 2.11. The summed E-state index contributed by atoms with van der Waals surface area (Å²) in [6.07, 6.45) is 0. The Labute approximate surface area is 81.7 Å². The van der Waals surface area contributed by atoms with Crippen molar-refractivity contribution in [1.29, 1.82) is 0 Å². The van der Waals surface area contributed by atoms with Gasteiger partial charge in [0.25, 0.3) is 9.05 Å². The largest absolute Gasteiger partial charge is 0.270 e. The molecule has 6 heteroatoms. The van der Waals surface area contributed by atoms with Crippen molar-refractivity contribution >= 4 is 47.0 Å². The molecule has 1 rings (SSSR count). The Morgan fingerprint density at radius 2 is 2.18 bits per heavy atom. The molecule has 62 valence electrons. The maximum Gasteiger partial charge on any atom is 0.270 e. The SMILES string of the molecule is Cc1sc(S(=O)(=O)Cl)cc1Br. The molecule has 0 bridgehead atoms. The standard InChI is InChI=1S/C5H4BrClO2S2/c1-3-4(6)2-5(10-3)11(7,8)9/h2H,1H3. The topological polar surface area (TPSA) is 34.1 Å². The van der Waals surface area contributed by atoms with Crippen LogP contribution in [0, 0.1) is 6.92 Å². The van der Waals surface area contributed by atoms with Crippen molar-refractivity contribution in [3.05, 3.63) is 15.4 Å². The highest BCUT2D eigenvalue weighted by molar-refractivity contribution is 9.10. The lowest BCUT2D eigenvalue weighted by molar-refractivity contribution is 0.611. The predicted molar refractivity (Wildman–Crippen MR) is 49.8 cm³/mol. The Morgan fingerprint density at radius 1 is 1.64 bits per heavy atom. The fraction of sp³-hybridized carbons (Fsp3) is 0.200. The van der Waals surface area contributed by atoms with Gasteiger partial charge in [-0.25, -0.2) is 8.42 Å². The molecule has 1 aromatic rings. The van der Waals surface area contributed by atoms with Crippen LogP contribution in [0.5, 0.6) is 0 Å². The van der Waals surface area contributed by atoms with Gasteiger partial charge < -0.3 is 0 Å². The first-order valence-electron chi connectivity index (χ1n) is 2.62. The van der Waals surface area contributed by atoms with Crippen LogP contribution in [0.3, 0.4) is 0 Å². The van der Waals surface area contributed by atoms with Gasteiger partial charge in [0.1, 0.15) is 4.21 Å². The molecule has 0 aliphatic carbocycles. The zero-order chi connectivity index (χ0) is 8.65. The molecule has 0 unspecified atom stereocenters. The second-order valence-corrected chi connectivity index (χ2v) is 6.81. The lowest BCUT2D eigenvalue weighted by Crippen LogP contribution is -1.83. The van der Waals surface area contributed by atoms with E-state index in [1.165, 1.54) is 6.07 Å². The van der Waals surface area contributed by atoms with Crippen LogP contribution in [0.15, 0.2) is 14.7 Å². The quantitative estimate of drug-likeness (QED) is 0.739. The Kier molecular flexibility index (Phi) is 2.63. The van der Waals surface area contributed by atoms with Gasteiger partial charge >= 0.3 is 0 Å². The van der Waals surface area contributed by atoms with E-state index in [0.29, 0.717) is 0 Å². The Morgan fingerprint density at radius 3 is 2.36 bits per heavy atom. The predicted octanol–water partition coefficient (Wildman–Crippen LogP) is 2.75. The molecule has 1 aromatic heterocycles. The summed E-state index contributed by atoms with van der Waals surface area (Å²) in [6, 6.07) is 1.50. The van der Waals surface area contributed by atoms with Gasteiger partial charge in [-0.15, -0.1) is 11.3 Å². The number of hydrogen-bond acceptors (Lipinski definition) is 3. The number of rotatable bonds is 1. The third kappa shape index (κ3) is 2.18. The Balaban J connectivity index is 3.29. The van der Waals surface area contributed by atoms with Gasteiger partial charge in [-0.3, -0.25) is 0 Å². The lowest BCUT2D eigenvalue weighted by Gasteiger charge is -1.83. The van der Waals surface area contributed by atoms with Gasteiger partial charge in [-0.1, -0.05) is 0 Å². The Bertz CT molecular complexity index is 348. The summed E-state index contributed by atoms with van der Waals surface area (Å²) in [6.45, 7) is 1.82. The zero-order valence-corrected chi connectivity index (χ0v) is 9.44. The number of aryl methyl sites for hydroxylation is 1. The molecule has 11 heavy (non-hydrogen) atoms. The molecule has 1 heterocycles. The third-order valence-electron chi connectivity index (χ3n) is 1.07. The summed E-state index contributed by atoms with van der Waals surface area (Å²) in [7, 11) is 1.56. The molecule has 0 N–H and O–H groups in total. The summed E-state index contributed by atoms with van der Waals surface area (Å²) in [5.74, 6) is 0. The average molecular weight is 276 g/mol. The van der Waals surface area contributed by atoms with E-state index in [4.69, 9.17) is 10.7 Å². The van der Waals surface area contributed by atoms with Crippen molar-refractivity contribution in [2.75, 3.05) is 0 Å². The molecule has 2 nitrogen and oxygen atoms in total. The van der Waals surface area contributed by atoms with Gasteiger partial charge in [0.2, 0.25) is 0 Å². The smallest absolute Gasteiger partial charge is 0.206 e. The molecule has 0 aliphatic rings. The van der Waals surface area contributed by atoms with Gasteiger partial charge in [0.15, 0.2) is 0 Å². The molecule has 0 aromatic carbocycles. The first-order valence-corrected chi connectivity index (χ1v) is 6.54. The highest BCUT2D eigenvalue weighted by Gasteiger charge is 2.14. The van der Waals surface area contributed by atoms with Crippen molar-refractivity contribution in [2.45, 2.75) is 11.1 Å². The molecule has 0 radical (unpaired) electrons. The molecule has 0 spiro atoms. The molecule has 0 saturated carbocycles. The zero-order valence-electron chi connectivity index (χ0n) is 5.47. The van der Waals surface area contributed by atoms with Crippen LogP contribution in [0.25, 0.3) is 0 Å². The van der Waals surface area contributed by atoms with Crippen molar-refractivity contribution in [3.8, 4) is 0 Å². The molecule has 0 saturated heterocycles. The van der Waals surface area contributed by atoms with E-state index in [-0.39, 0.29) is 4.21 Å². The minimum atomic E-state index is -3.54. The minimum Gasteiger partial charge on any atom is -0.206 e. The van der Waals surface area contributed by atoms with Gasteiger partial charge in [0, 0.05) is 20.0 Å². The van der Waals surface area contributed by atoms with E-state index in [1.807, 2.05) is 6.92 Å². The summed E-state index contributed by atoms with van der Waals surface area (Å²) >= 11 is 4.35. The first-order chi connectivity index (χ1) is 4.91. The van der Waals surface area contributed by atoms with Crippen LogP contribution in [0.2, 0.25) is 0 Å². The Hall–Kier alpha value is 0.420. The first kappa shape index (κ1) is 9.51. The van der Waals surface area contributed by atoms with Crippen LogP contribution in [0.1, 0.15) is 4.88 Å². The van der Waals surface area contributed by atoms with E-state index >= 15 is 0 Å². The summed E-state index contributed by atoms with van der Waals surface area (Å²) < 4.78 is 22.5. The minimum absolute atomic E-state index is 0.184. The van der Waals surface area contributed by atoms with Gasteiger partial charge in [0.05, 0.1) is 0 Å². The van der Waals surface area contributed by atoms with E-state index in [1.54, 1.807) is 0 Å². The van der Waals surface area contributed by atoms with Gasteiger partial charge in [-0.05, 0) is 28.9 Å². The van der Waals surface area contributed by atoms with Crippen molar-refractivity contribution in [2.24, 2.45) is 0 Å². The molecule has 0 fully saturated rings. The summed E-state index contributed by atoms with van der Waals surface area (Å²) in [5.41, 5.74) is 0. The molecule has 0 aliphatic heterocycles. The number of halogens is 2. The highest BCUT2D eigenvalue weighted by atomic mass is 79.9. The fourth-order valence-electron chi connectivity index (χ4n) is 0.554. The van der Waals surface area contributed by atoms with Gasteiger partial charge in [-0.2, -0.15) is 0 Å². The van der Waals surface area contributed by atoms with Crippen LogP contribution in [-0.2, 0) is 9.05 Å². The van der Waals surface area contributed by atoms with Crippen LogP contribution in [0.4, 0.5) is 0 Å². The molecular formula is C5H4BrClO2S2. The lowest BCUT2D eigenvalue weighted by atomic mass is 10.5. The van der Waals surface area contributed by atoms with Crippen molar-refractivity contribution < 1.29 is 8.42 Å². The molecule has 0 amide bonds. The molecule has 0 atom stereocenters. The maximum absolute atomic E-state index is 10.8. The van der Waals surface area contributed by atoms with Crippen molar-refractivity contribution in [3.63, 3.8) is 0 Å².